The van der Waals surface area contributed by atoms with Gasteiger partial charge in [-0.3, -0.25) is 0 Å². The molecule has 1 aliphatic rings. The lowest BCUT2D eigenvalue weighted by Crippen LogP contribution is -2.10. The largest absolute Gasteiger partial charge is 0.323 e. The van der Waals surface area contributed by atoms with Gasteiger partial charge in [0.25, 0.3) is 0 Å². The van der Waals surface area contributed by atoms with Crippen LogP contribution < -0.4 is 5.73 Å². The zero-order valence-corrected chi connectivity index (χ0v) is 12.2. The summed E-state index contributed by atoms with van der Waals surface area (Å²) in [5.41, 5.74) is 6.27. The molecule has 1 fully saturated rings. The first-order valence-electron chi connectivity index (χ1n) is 6.18. The molecule has 0 aromatic carbocycles. The lowest BCUT2D eigenvalue weighted by Gasteiger charge is -2.13. The Morgan fingerprint density at radius 2 is 2.19 bits per heavy atom. The van der Waals surface area contributed by atoms with Gasteiger partial charge in [0.2, 0.25) is 0 Å². The molecular weight excluding hydrogens is 282 g/mol. The van der Waals surface area contributed by atoms with Crippen molar-refractivity contribution in [3.8, 4) is 0 Å². The normalized spacial score (nSPS) is 19.2. The Bertz CT molecular complexity index is 342. The van der Waals surface area contributed by atoms with Crippen molar-refractivity contribution in [2.75, 3.05) is 0 Å². The van der Waals surface area contributed by atoms with E-state index < -0.39 is 0 Å². The van der Waals surface area contributed by atoms with Crippen molar-refractivity contribution in [1.29, 1.82) is 0 Å². The highest BCUT2D eigenvalue weighted by Gasteiger charge is 2.18. The minimum Gasteiger partial charge on any atom is -0.323 e. The Labute approximate surface area is 111 Å². The molecule has 1 aromatic rings. The van der Waals surface area contributed by atoms with Gasteiger partial charge in [-0.25, -0.2) is 0 Å². The van der Waals surface area contributed by atoms with Gasteiger partial charge in [0.1, 0.15) is 0 Å². The Kier molecular flexibility index (Phi) is 4.45. The molecule has 0 saturated heterocycles. The van der Waals surface area contributed by atoms with Gasteiger partial charge < -0.3 is 5.73 Å². The second-order valence-electron chi connectivity index (χ2n) is 4.90. The van der Waals surface area contributed by atoms with Gasteiger partial charge in [-0.05, 0) is 47.7 Å². The fraction of sp³-hybridized carbons (Fsp3) is 0.692. The van der Waals surface area contributed by atoms with Crippen LogP contribution in [0.2, 0.25) is 0 Å². The lowest BCUT2D eigenvalue weighted by atomic mass is 9.98. The summed E-state index contributed by atoms with van der Waals surface area (Å²) in [7, 11) is 0. The van der Waals surface area contributed by atoms with E-state index in [1.165, 1.54) is 46.3 Å². The summed E-state index contributed by atoms with van der Waals surface area (Å²) in [5, 5.41) is 0. The summed E-state index contributed by atoms with van der Waals surface area (Å²) in [6.45, 7) is 2.14. The molecule has 1 heterocycles. The van der Waals surface area contributed by atoms with Gasteiger partial charge in [-0.15, -0.1) is 11.3 Å². The zero-order chi connectivity index (χ0) is 11.5. The standard InChI is InChI=1S/C13H20BrNS/c1-9-8-11(14)13(16-9)12(15)7-6-10-4-2-3-5-10/h8,10,12H,2-7,15H2,1H3. The third-order valence-corrected chi connectivity index (χ3v) is 5.63. The Hall–Kier alpha value is 0.140. The minimum absolute atomic E-state index is 0.230. The fourth-order valence-corrected chi connectivity index (χ4v) is 4.58. The number of nitrogens with two attached hydrogens (primary N) is 1. The summed E-state index contributed by atoms with van der Waals surface area (Å²) in [6.07, 6.45) is 8.17. The molecule has 1 aromatic heterocycles. The Morgan fingerprint density at radius 3 is 2.75 bits per heavy atom. The van der Waals surface area contributed by atoms with E-state index in [0.29, 0.717) is 0 Å². The predicted octanol–water partition coefficient (Wildman–Crippen LogP) is 4.79. The summed E-state index contributed by atoms with van der Waals surface area (Å²) in [4.78, 5) is 2.67. The third kappa shape index (κ3) is 3.08. The van der Waals surface area contributed by atoms with Gasteiger partial charge in [0.15, 0.2) is 0 Å². The van der Waals surface area contributed by atoms with E-state index >= 15 is 0 Å². The molecule has 0 amide bonds. The van der Waals surface area contributed by atoms with Crippen LogP contribution in [0.15, 0.2) is 10.5 Å². The number of aryl methyl sites for hydroxylation is 1. The first-order chi connectivity index (χ1) is 7.66. The van der Waals surface area contributed by atoms with Crippen molar-refractivity contribution in [1.82, 2.24) is 0 Å². The summed E-state index contributed by atoms with van der Waals surface area (Å²) >= 11 is 5.43. The quantitative estimate of drug-likeness (QED) is 0.850. The Balaban J connectivity index is 1.87. The van der Waals surface area contributed by atoms with E-state index in [1.807, 2.05) is 11.3 Å². The van der Waals surface area contributed by atoms with Crippen molar-refractivity contribution >= 4 is 27.3 Å². The van der Waals surface area contributed by atoms with Crippen molar-refractivity contribution in [3.63, 3.8) is 0 Å². The number of hydrogen-bond donors (Lipinski definition) is 1. The molecular formula is C13H20BrNS. The molecule has 1 unspecified atom stereocenters. The summed E-state index contributed by atoms with van der Waals surface area (Å²) in [6, 6.07) is 2.41. The molecule has 1 nitrogen and oxygen atoms in total. The van der Waals surface area contributed by atoms with E-state index in [-0.39, 0.29) is 6.04 Å². The van der Waals surface area contributed by atoms with E-state index in [0.717, 1.165) is 12.3 Å². The molecule has 2 N–H and O–H groups in total. The van der Waals surface area contributed by atoms with E-state index in [2.05, 4.69) is 28.9 Å². The molecule has 0 radical (unpaired) electrons. The second-order valence-corrected chi connectivity index (χ2v) is 7.05. The van der Waals surface area contributed by atoms with Crippen LogP contribution >= 0.6 is 27.3 Å². The van der Waals surface area contributed by atoms with Crippen LogP contribution in [0.5, 0.6) is 0 Å². The molecule has 1 saturated carbocycles. The molecule has 0 aliphatic heterocycles. The number of thiophene rings is 1. The highest BCUT2D eigenvalue weighted by Crippen LogP contribution is 2.35. The first kappa shape index (κ1) is 12.6. The molecule has 3 heteroatoms. The molecule has 90 valence electrons. The van der Waals surface area contributed by atoms with Crippen LogP contribution in [0, 0.1) is 12.8 Å². The molecule has 2 rings (SSSR count). The molecule has 16 heavy (non-hydrogen) atoms. The van der Waals surface area contributed by atoms with E-state index in [1.54, 1.807) is 0 Å². The van der Waals surface area contributed by atoms with Crippen LogP contribution in [0.4, 0.5) is 0 Å². The van der Waals surface area contributed by atoms with Crippen LogP contribution in [-0.2, 0) is 0 Å². The lowest BCUT2D eigenvalue weighted by molar-refractivity contribution is 0.456. The third-order valence-electron chi connectivity index (χ3n) is 3.53. The molecule has 0 spiro atoms. The van der Waals surface area contributed by atoms with Gasteiger partial charge in [-0.2, -0.15) is 0 Å². The highest BCUT2D eigenvalue weighted by atomic mass is 79.9. The maximum atomic E-state index is 6.27. The average molecular weight is 302 g/mol. The predicted molar refractivity (Wildman–Crippen MR) is 74.9 cm³/mol. The van der Waals surface area contributed by atoms with Crippen molar-refractivity contribution in [2.45, 2.75) is 51.5 Å². The monoisotopic (exact) mass is 301 g/mol. The van der Waals surface area contributed by atoms with Gasteiger partial charge >= 0.3 is 0 Å². The molecule has 1 aliphatic carbocycles. The smallest absolute Gasteiger partial charge is 0.0401 e. The number of rotatable bonds is 4. The molecule has 0 bridgehead atoms. The zero-order valence-electron chi connectivity index (χ0n) is 9.84. The SMILES string of the molecule is Cc1cc(Br)c(C(N)CCC2CCCC2)s1. The number of hydrogen-bond acceptors (Lipinski definition) is 2. The maximum Gasteiger partial charge on any atom is 0.0401 e. The van der Waals surface area contributed by atoms with Crippen molar-refractivity contribution < 1.29 is 0 Å². The number of halogens is 1. The summed E-state index contributed by atoms with van der Waals surface area (Å²) in [5.74, 6) is 0.950. The van der Waals surface area contributed by atoms with Gasteiger partial charge in [0.05, 0.1) is 0 Å². The fourth-order valence-electron chi connectivity index (χ4n) is 2.60. The van der Waals surface area contributed by atoms with Crippen LogP contribution in [0.1, 0.15) is 54.3 Å². The maximum absolute atomic E-state index is 6.27. The van der Waals surface area contributed by atoms with Gasteiger partial charge in [0, 0.05) is 20.3 Å². The van der Waals surface area contributed by atoms with Crippen molar-refractivity contribution in [3.05, 3.63) is 20.3 Å². The molecule has 1 atom stereocenters. The van der Waals surface area contributed by atoms with E-state index in [9.17, 15) is 0 Å². The second kappa shape index (κ2) is 5.65. The van der Waals surface area contributed by atoms with Crippen LogP contribution in [-0.4, -0.2) is 0 Å². The Morgan fingerprint density at radius 1 is 1.50 bits per heavy atom. The highest BCUT2D eigenvalue weighted by molar-refractivity contribution is 9.10. The van der Waals surface area contributed by atoms with Crippen LogP contribution in [0.3, 0.4) is 0 Å². The minimum atomic E-state index is 0.230. The van der Waals surface area contributed by atoms with E-state index in [4.69, 9.17) is 5.73 Å². The topological polar surface area (TPSA) is 26.0 Å². The van der Waals surface area contributed by atoms with Crippen molar-refractivity contribution in [2.24, 2.45) is 11.7 Å². The van der Waals surface area contributed by atoms with Gasteiger partial charge in [-0.1, -0.05) is 25.7 Å². The van der Waals surface area contributed by atoms with Crippen LogP contribution in [0.25, 0.3) is 0 Å². The average Bonchev–Trinajstić information content (AvgIpc) is 2.84. The summed E-state index contributed by atoms with van der Waals surface area (Å²) < 4.78 is 1.20. The first-order valence-corrected chi connectivity index (χ1v) is 7.79.